The second-order valence-corrected chi connectivity index (χ2v) is 12.0. The fourth-order valence-corrected chi connectivity index (χ4v) is 5.21. The Bertz CT molecular complexity index is 1610. The lowest BCUT2D eigenvalue weighted by molar-refractivity contribution is 0.0940. The molecule has 0 saturated carbocycles. The summed E-state index contributed by atoms with van der Waals surface area (Å²) in [6, 6.07) is 16.9. The highest BCUT2D eigenvalue weighted by Crippen LogP contribution is 2.36. The molecule has 218 valence electrons. The van der Waals surface area contributed by atoms with E-state index in [0.717, 1.165) is 44.3 Å². The van der Waals surface area contributed by atoms with E-state index in [2.05, 4.69) is 80.2 Å². The molecule has 2 aromatic carbocycles. The van der Waals surface area contributed by atoms with E-state index in [1.54, 1.807) is 36.6 Å². The number of carbonyl (C=O) groups excluding carboxylic acids is 1. The third kappa shape index (κ3) is 7.56. The summed E-state index contributed by atoms with van der Waals surface area (Å²) in [4.78, 5) is 24.3. The molecule has 0 saturated heterocycles. The first-order valence-electron chi connectivity index (χ1n) is 13.9. The van der Waals surface area contributed by atoms with E-state index in [-0.39, 0.29) is 5.91 Å². The standard InChI is InChI=1S/C34H36F2N4OS/c1-20(2)18-38-31-13-10-25(16-28(31)22(5)21(3)4)32-14-11-26(42-32)19-39-33-27(8-7-15-37-33)34(41)40-23(6)24-9-12-29(35)30(36)17-24/h7-18,20-21,23H,5,19H2,1-4,6H3,(H,37,39)(H,40,41). The summed E-state index contributed by atoms with van der Waals surface area (Å²) in [5.74, 6) is -1.17. The van der Waals surface area contributed by atoms with Crippen molar-refractivity contribution in [2.45, 2.75) is 47.2 Å². The molecule has 0 bridgehead atoms. The lowest BCUT2D eigenvalue weighted by Crippen LogP contribution is -2.27. The molecule has 0 aliphatic carbocycles. The van der Waals surface area contributed by atoms with Crippen LogP contribution >= 0.6 is 11.3 Å². The van der Waals surface area contributed by atoms with Crippen molar-refractivity contribution in [1.29, 1.82) is 0 Å². The van der Waals surface area contributed by atoms with Gasteiger partial charge in [-0.2, -0.15) is 0 Å². The summed E-state index contributed by atoms with van der Waals surface area (Å²) in [6.45, 7) is 15.0. The molecule has 5 nitrogen and oxygen atoms in total. The van der Waals surface area contributed by atoms with Gasteiger partial charge >= 0.3 is 0 Å². The first-order valence-corrected chi connectivity index (χ1v) is 14.8. The minimum atomic E-state index is -0.954. The van der Waals surface area contributed by atoms with Crippen LogP contribution in [0, 0.1) is 23.5 Å². The number of hydrogen-bond donors (Lipinski definition) is 2. The summed E-state index contributed by atoms with van der Waals surface area (Å²) in [6.07, 6.45) is 3.57. The van der Waals surface area contributed by atoms with E-state index in [4.69, 9.17) is 4.99 Å². The van der Waals surface area contributed by atoms with Crippen molar-refractivity contribution < 1.29 is 13.6 Å². The van der Waals surface area contributed by atoms with Gasteiger partial charge in [-0.15, -0.1) is 11.3 Å². The van der Waals surface area contributed by atoms with Crippen LogP contribution in [0.4, 0.5) is 20.3 Å². The number of nitrogens with one attached hydrogen (secondary N) is 2. The summed E-state index contributed by atoms with van der Waals surface area (Å²) >= 11 is 1.66. The van der Waals surface area contributed by atoms with Crippen LogP contribution in [0.1, 0.15) is 67.0 Å². The van der Waals surface area contributed by atoms with E-state index in [9.17, 15) is 13.6 Å². The molecule has 42 heavy (non-hydrogen) atoms. The molecule has 2 aromatic heterocycles. The molecule has 2 heterocycles. The van der Waals surface area contributed by atoms with E-state index in [1.165, 1.54) is 6.07 Å². The average Bonchev–Trinajstić information content (AvgIpc) is 3.45. The fourth-order valence-electron chi connectivity index (χ4n) is 4.27. The van der Waals surface area contributed by atoms with Crippen molar-refractivity contribution in [3.63, 3.8) is 0 Å². The predicted octanol–water partition coefficient (Wildman–Crippen LogP) is 9.22. The van der Waals surface area contributed by atoms with Crippen LogP contribution in [0.3, 0.4) is 0 Å². The molecule has 4 aromatic rings. The van der Waals surface area contributed by atoms with Crippen LogP contribution in [0.5, 0.6) is 0 Å². The largest absolute Gasteiger partial charge is 0.365 e. The van der Waals surface area contributed by atoms with Crippen LogP contribution in [0.15, 0.2) is 78.4 Å². The molecule has 1 unspecified atom stereocenters. The Morgan fingerprint density at radius 3 is 2.50 bits per heavy atom. The number of thiophene rings is 1. The third-order valence-electron chi connectivity index (χ3n) is 6.77. The maximum Gasteiger partial charge on any atom is 0.255 e. The van der Waals surface area contributed by atoms with Crippen LogP contribution in [0.2, 0.25) is 0 Å². The van der Waals surface area contributed by atoms with Crippen molar-refractivity contribution in [2.75, 3.05) is 5.32 Å². The Morgan fingerprint density at radius 1 is 1.00 bits per heavy atom. The highest BCUT2D eigenvalue weighted by molar-refractivity contribution is 7.15. The van der Waals surface area contributed by atoms with E-state index >= 15 is 0 Å². The molecule has 0 spiro atoms. The van der Waals surface area contributed by atoms with Crippen LogP contribution in [-0.4, -0.2) is 17.1 Å². The Labute approximate surface area is 250 Å². The van der Waals surface area contributed by atoms with Gasteiger partial charge in [-0.1, -0.05) is 46.4 Å². The van der Waals surface area contributed by atoms with Crippen LogP contribution in [-0.2, 0) is 6.54 Å². The van der Waals surface area contributed by atoms with Crippen molar-refractivity contribution in [1.82, 2.24) is 10.3 Å². The summed E-state index contributed by atoms with van der Waals surface area (Å²) in [5, 5.41) is 6.12. The maximum atomic E-state index is 13.7. The number of nitrogens with zero attached hydrogens (tertiary/aromatic N) is 2. The highest BCUT2D eigenvalue weighted by atomic mass is 32.1. The van der Waals surface area contributed by atoms with Crippen molar-refractivity contribution in [2.24, 2.45) is 16.8 Å². The van der Waals surface area contributed by atoms with Gasteiger partial charge in [-0.05, 0) is 84.0 Å². The number of hydrogen-bond acceptors (Lipinski definition) is 5. The lowest BCUT2D eigenvalue weighted by atomic mass is 9.94. The van der Waals surface area contributed by atoms with E-state index in [1.807, 2.05) is 6.21 Å². The predicted molar refractivity (Wildman–Crippen MR) is 170 cm³/mol. The van der Waals surface area contributed by atoms with Crippen molar-refractivity contribution >= 4 is 40.5 Å². The zero-order chi connectivity index (χ0) is 30.4. The SMILES string of the molecule is C=C(c1cc(-c2ccc(CNc3ncccc3C(=O)NC(C)c3ccc(F)c(F)c3)s2)ccc1N=CC(C)C)C(C)C. The zero-order valence-electron chi connectivity index (χ0n) is 24.5. The number of carbonyl (C=O) groups is 1. The second-order valence-electron chi connectivity index (χ2n) is 10.8. The number of aliphatic imine (C=N–C) groups is 1. The van der Waals surface area contributed by atoms with E-state index < -0.39 is 17.7 Å². The molecule has 4 rings (SSSR count). The lowest BCUT2D eigenvalue weighted by Gasteiger charge is -2.16. The van der Waals surface area contributed by atoms with Gasteiger partial charge in [0.25, 0.3) is 5.91 Å². The number of allylic oxidation sites excluding steroid dienone is 1. The molecule has 0 fully saturated rings. The number of aromatic nitrogens is 1. The van der Waals surface area contributed by atoms with Gasteiger partial charge in [0, 0.05) is 27.7 Å². The first-order chi connectivity index (χ1) is 20.0. The topological polar surface area (TPSA) is 66.4 Å². The monoisotopic (exact) mass is 586 g/mol. The number of benzene rings is 2. The molecule has 0 aliphatic heterocycles. The Hall–Kier alpha value is -4.17. The van der Waals surface area contributed by atoms with Gasteiger partial charge in [0.2, 0.25) is 0 Å². The van der Waals surface area contributed by atoms with Crippen molar-refractivity contribution in [3.05, 3.63) is 107 Å². The number of rotatable bonds is 11. The molecule has 2 N–H and O–H groups in total. The van der Waals surface area contributed by atoms with Crippen molar-refractivity contribution in [3.8, 4) is 10.4 Å². The van der Waals surface area contributed by atoms with Gasteiger partial charge in [-0.25, -0.2) is 13.8 Å². The van der Waals surface area contributed by atoms with Gasteiger partial charge in [-0.3, -0.25) is 9.79 Å². The third-order valence-corrected chi connectivity index (χ3v) is 7.91. The molecular formula is C34H36F2N4OS. The number of amides is 1. The van der Waals surface area contributed by atoms with Gasteiger partial charge in [0.15, 0.2) is 11.6 Å². The van der Waals surface area contributed by atoms with Crippen LogP contribution < -0.4 is 10.6 Å². The molecular weight excluding hydrogens is 550 g/mol. The molecule has 1 amide bonds. The number of halogens is 2. The maximum absolute atomic E-state index is 13.7. The summed E-state index contributed by atoms with van der Waals surface area (Å²) in [5.41, 5.74) is 4.94. The fraction of sp³-hybridized carbons (Fsp3) is 0.265. The van der Waals surface area contributed by atoms with E-state index in [0.29, 0.717) is 35.3 Å². The molecule has 8 heteroatoms. The smallest absolute Gasteiger partial charge is 0.255 e. The molecule has 0 radical (unpaired) electrons. The number of anilines is 1. The van der Waals surface area contributed by atoms with Gasteiger partial charge in [0.05, 0.1) is 23.8 Å². The molecule has 0 aliphatic rings. The second kappa shape index (κ2) is 13.7. The summed E-state index contributed by atoms with van der Waals surface area (Å²) < 4.78 is 27.0. The quantitative estimate of drug-likeness (QED) is 0.172. The Kier molecular flexibility index (Phi) is 10.0. The summed E-state index contributed by atoms with van der Waals surface area (Å²) in [7, 11) is 0. The van der Waals surface area contributed by atoms with Gasteiger partial charge in [0.1, 0.15) is 5.82 Å². The first kappa shape index (κ1) is 30.8. The molecule has 1 atom stereocenters. The normalized spacial score (nSPS) is 12.2. The Morgan fingerprint density at radius 2 is 1.79 bits per heavy atom. The van der Waals surface area contributed by atoms with Gasteiger partial charge < -0.3 is 10.6 Å². The van der Waals surface area contributed by atoms with Crippen LogP contribution in [0.25, 0.3) is 16.0 Å². The minimum absolute atomic E-state index is 0.293. The minimum Gasteiger partial charge on any atom is -0.365 e. The zero-order valence-corrected chi connectivity index (χ0v) is 25.4. The number of pyridine rings is 1. The highest BCUT2D eigenvalue weighted by Gasteiger charge is 2.17. The average molecular weight is 587 g/mol. The Balaban J connectivity index is 1.48.